The Balaban J connectivity index is 1.47. The number of nitrogens with zero attached hydrogens (tertiary/aromatic N) is 4. The van der Waals surface area contributed by atoms with Crippen LogP contribution in [0.2, 0.25) is 0 Å². The van der Waals surface area contributed by atoms with E-state index in [1.165, 1.54) is 4.90 Å². The topological polar surface area (TPSA) is 127 Å². The molecule has 0 saturated carbocycles. The number of aliphatic hydroxyl groups is 1. The molecule has 30 heavy (non-hydrogen) atoms. The summed E-state index contributed by atoms with van der Waals surface area (Å²) in [5, 5.41) is 30.7. The van der Waals surface area contributed by atoms with Gasteiger partial charge in [-0.2, -0.15) is 5.26 Å². The van der Waals surface area contributed by atoms with Crippen LogP contribution >= 0.6 is 0 Å². The number of benzene rings is 2. The third-order valence-corrected chi connectivity index (χ3v) is 4.88. The number of aromatic amines is 1. The number of H-pyrrole nitrogens is 1. The molecule has 1 aliphatic heterocycles. The molecule has 0 radical (unpaired) electrons. The number of ether oxygens (including phenoxy) is 1. The summed E-state index contributed by atoms with van der Waals surface area (Å²) in [5.41, 5.74) is 1.90. The molecular formula is C21H20N6O3. The van der Waals surface area contributed by atoms with Gasteiger partial charge in [-0.1, -0.05) is 36.4 Å². The van der Waals surface area contributed by atoms with Crippen LogP contribution in [0.25, 0.3) is 0 Å². The van der Waals surface area contributed by atoms with E-state index in [-0.39, 0.29) is 18.3 Å². The number of nitrogens with one attached hydrogen (secondary N) is 2. The molecule has 3 aromatic rings. The van der Waals surface area contributed by atoms with E-state index in [9.17, 15) is 15.2 Å². The first-order valence-electron chi connectivity index (χ1n) is 9.40. The highest BCUT2D eigenvalue weighted by Crippen LogP contribution is 2.33. The van der Waals surface area contributed by atoms with Crippen LogP contribution in [0.4, 0.5) is 5.69 Å². The highest BCUT2D eigenvalue weighted by atomic mass is 16.5. The van der Waals surface area contributed by atoms with E-state index in [2.05, 4.69) is 26.6 Å². The van der Waals surface area contributed by atoms with Crippen molar-refractivity contribution >= 4 is 11.6 Å². The average molecular weight is 404 g/mol. The Labute approximate surface area is 172 Å². The number of aliphatic hydroxyl groups excluding tert-OH is 1. The molecule has 1 amide bonds. The lowest BCUT2D eigenvalue weighted by molar-refractivity contribution is -0.121. The van der Waals surface area contributed by atoms with Crippen LogP contribution in [0, 0.1) is 11.3 Å². The van der Waals surface area contributed by atoms with Crippen LogP contribution in [0.5, 0.6) is 5.75 Å². The maximum atomic E-state index is 12.9. The van der Waals surface area contributed by atoms with E-state index in [4.69, 9.17) is 4.74 Å². The molecule has 9 nitrogen and oxygen atoms in total. The second kappa shape index (κ2) is 8.32. The predicted octanol–water partition coefficient (Wildman–Crippen LogP) is 1.27. The third-order valence-electron chi connectivity index (χ3n) is 4.88. The molecule has 0 saturated heterocycles. The van der Waals surface area contributed by atoms with Gasteiger partial charge in [-0.15, -0.1) is 10.2 Å². The van der Waals surface area contributed by atoms with Crippen LogP contribution in [0.3, 0.4) is 0 Å². The Hall–Kier alpha value is -3.74. The zero-order valence-corrected chi connectivity index (χ0v) is 16.2. The highest BCUT2D eigenvalue weighted by molar-refractivity contribution is 5.99. The van der Waals surface area contributed by atoms with Crippen LogP contribution in [-0.2, 0) is 11.2 Å². The first-order valence-corrected chi connectivity index (χ1v) is 9.40. The second-order valence-corrected chi connectivity index (χ2v) is 6.91. The summed E-state index contributed by atoms with van der Waals surface area (Å²) in [6.45, 7) is -0.0447. The summed E-state index contributed by atoms with van der Waals surface area (Å²) < 4.78 is 5.74. The van der Waals surface area contributed by atoms with Crippen molar-refractivity contribution in [1.29, 1.82) is 5.26 Å². The van der Waals surface area contributed by atoms with E-state index in [1.807, 2.05) is 30.3 Å². The molecule has 0 spiro atoms. The normalized spacial score (nSPS) is 16.9. The molecule has 152 valence electrons. The van der Waals surface area contributed by atoms with Crippen molar-refractivity contribution in [2.45, 2.75) is 18.7 Å². The minimum absolute atomic E-state index is 0.0447. The summed E-state index contributed by atoms with van der Waals surface area (Å²) in [5.74, 6) is 0.853. The Kier molecular flexibility index (Phi) is 5.43. The van der Waals surface area contributed by atoms with Crippen molar-refractivity contribution in [1.82, 2.24) is 20.5 Å². The first-order chi connectivity index (χ1) is 14.6. The number of hydrogen-bond acceptors (Lipinski definition) is 7. The quantitative estimate of drug-likeness (QED) is 0.547. The Morgan fingerprint density at radius 1 is 1.30 bits per heavy atom. The summed E-state index contributed by atoms with van der Waals surface area (Å²) >= 11 is 0. The molecule has 2 atom stereocenters. The van der Waals surface area contributed by atoms with Crippen LogP contribution in [0.1, 0.15) is 29.0 Å². The van der Waals surface area contributed by atoms with E-state index < -0.39 is 12.3 Å². The number of hydrogen-bond donors (Lipinski definition) is 3. The maximum Gasteiger partial charge on any atom is 0.247 e. The smallest absolute Gasteiger partial charge is 0.247 e. The van der Waals surface area contributed by atoms with E-state index >= 15 is 0 Å². The van der Waals surface area contributed by atoms with Gasteiger partial charge in [0.2, 0.25) is 5.91 Å². The van der Waals surface area contributed by atoms with Gasteiger partial charge in [-0.25, -0.2) is 0 Å². The fraction of sp³-hybridized carbons (Fsp3) is 0.238. The van der Waals surface area contributed by atoms with Gasteiger partial charge in [0, 0.05) is 13.5 Å². The monoisotopic (exact) mass is 404 g/mol. The average Bonchev–Trinajstić information content (AvgIpc) is 3.20. The fourth-order valence-electron chi connectivity index (χ4n) is 3.31. The van der Waals surface area contributed by atoms with Crippen molar-refractivity contribution in [3.05, 3.63) is 71.3 Å². The summed E-state index contributed by atoms with van der Waals surface area (Å²) in [6.07, 6.45) is -0.703. The largest absolute Gasteiger partial charge is 0.488 e. The lowest BCUT2D eigenvalue weighted by atomic mass is 10.1. The van der Waals surface area contributed by atoms with Crippen LogP contribution < -0.4 is 15.0 Å². The number of likely N-dealkylation sites (N-methyl/N-ethyl adjacent to an activating group) is 1. The number of nitriles is 1. The SMILES string of the molecule is CN1C(=O)[C@@H](NC(O)c2nnc(Cc3ccccc3)[nH]2)COc2c(C#N)cccc21. The van der Waals surface area contributed by atoms with Crippen molar-refractivity contribution < 1.29 is 14.6 Å². The van der Waals surface area contributed by atoms with Crippen molar-refractivity contribution in [3.63, 3.8) is 0 Å². The zero-order chi connectivity index (χ0) is 21.1. The van der Waals surface area contributed by atoms with Crippen molar-refractivity contribution in [2.24, 2.45) is 0 Å². The minimum atomic E-state index is -1.25. The van der Waals surface area contributed by atoms with Gasteiger partial charge in [0.1, 0.15) is 24.5 Å². The lowest BCUT2D eigenvalue weighted by Gasteiger charge is -2.22. The number of amides is 1. The summed E-state index contributed by atoms with van der Waals surface area (Å²) in [7, 11) is 1.60. The molecule has 1 unspecified atom stereocenters. The number of fused-ring (bicyclic) bond motifs is 1. The highest BCUT2D eigenvalue weighted by Gasteiger charge is 2.32. The predicted molar refractivity (Wildman–Crippen MR) is 108 cm³/mol. The van der Waals surface area contributed by atoms with Crippen LogP contribution in [-0.4, -0.2) is 45.9 Å². The lowest BCUT2D eigenvalue weighted by Crippen LogP contribution is -2.48. The third kappa shape index (κ3) is 3.87. The number of anilines is 1. The molecule has 2 aromatic carbocycles. The fourth-order valence-corrected chi connectivity index (χ4v) is 3.31. The molecular weight excluding hydrogens is 384 g/mol. The number of carbonyl (C=O) groups excluding carboxylic acids is 1. The van der Waals surface area contributed by atoms with Crippen molar-refractivity contribution in [2.75, 3.05) is 18.6 Å². The maximum absolute atomic E-state index is 12.9. The summed E-state index contributed by atoms with van der Waals surface area (Å²) in [6, 6.07) is 16.0. The molecule has 4 rings (SSSR count). The van der Waals surface area contributed by atoms with Crippen molar-refractivity contribution in [3.8, 4) is 11.8 Å². The molecule has 3 N–H and O–H groups in total. The molecule has 1 aromatic heterocycles. The van der Waals surface area contributed by atoms with Gasteiger partial charge in [0.05, 0.1) is 11.3 Å². The Morgan fingerprint density at radius 3 is 2.87 bits per heavy atom. The number of rotatable bonds is 5. The first kappa shape index (κ1) is 19.6. The van der Waals surface area contributed by atoms with Gasteiger partial charge in [-0.3, -0.25) is 10.1 Å². The van der Waals surface area contributed by atoms with E-state index in [0.29, 0.717) is 29.2 Å². The van der Waals surface area contributed by atoms with E-state index in [1.54, 1.807) is 25.2 Å². The van der Waals surface area contributed by atoms with E-state index in [0.717, 1.165) is 5.56 Å². The standard InChI is InChI=1S/C21H20N6O3/c1-27-16-9-5-8-14(11-22)18(16)30-12-15(21(27)29)23-20(28)19-24-17(25-26-19)10-13-6-3-2-4-7-13/h2-9,15,20,23,28H,10,12H2,1H3,(H,24,25,26)/t15-,20?/m0/s1. The number of aromatic nitrogens is 3. The molecule has 0 fully saturated rings. The van der Waals surface area contributed by atoms with Gasteiger partial charge < -0.3 is 19.7 Å². The summed E-state index contributed by atoms with van der Waals surface area (Å²) in [4.78, 5) is 17.3. The molecule has 1 aliphatic rings. The number of carbonyl (C=O) groups is 1. The Bertz CT molecular complexity index is 1090. The van der Waals surface area contributed by atoms with Gasteiger partial charge >= 0.3 is 0 Å². The molecule has 9 heteroatoms. The molecule has 2 heterocycles. The second-order valence-electron chi connectivity index (χ2n) is 6.91. The van der Waals surface area contributed by atoms with Crippen LogP contribution in [0.15, 0.2) is 48.5 Å². The van der Waals surface area contributed by atoms with Gasteiger partial charge in [0.15, 0.2) is 17.8 Å². The zero-order valence-electron chi connectivity index (χ0n) is 16.2. The molecule has 0 aliphatic carbocycles. The van der Waals surface area contributed by atoms with Gasteiger partial charge in [0.25, 0.3) is 0 Å². The van der Waals surface area contributed by atoms with Gasteiger partial charge in [-0.05, 0) is 17.7 Å². The Morgan fingerprint density at radius 2 is 2.10 bits per heavy atom. The minimum Gasteiger partial charge on any atom is -0.488 e. The molecule has 0 bridgehead atoms. The number of para-hydroxylation sites is 1.